The van der Waals surface area contributed by atoms with Gasteiger partial charge in [0, 0.05) is 24.8 Å². The number of aromatic nitrogens is 4. The van der Waals surface area contributed by atoms with Gasteiger partial charge < -0.3 is 10.6 Å². The standard InChI is InChI=1S/C19H32N6OS/c1-6-7-8-16(26)20-9-10-25-18-15(12-22-25)17(21-11-13(2)3)23-19(24-18)27-14(4)5/h12-14H,6-11H2,1-5H3,(H,20,26)(H,21,23,24). The Morgan fingerprint density at radius 1 is 1.26 bits per heavy atom. The van der Waals surface area contributed by atoms with Crippen LogP contribution in [0.5, 0.6) is 0 Å². The highest BCUT2D eigenvalue weighted by Crippen LogP contribution is 2.26. The minimum Gasteiger partial charge on any atom is -0.369 e. The van der Waals surface area contributed by atoms with Crippen molar-refractivity contribution in [2.45, 2.75) is 70.8 Å². The molecule has 0 atom stereocenters. The van der Waals surface area contributed by atoms with Crippen LogP contribution in [0, 0.1) is 5.92 Å². The molecule has 0 aliphatic carbocycles. The van der Waals surface area contributed by atoms with Gasteiger partial charge in [0.1, 0.15) is 5.82 Å². The van der Waals surface area contributed by atoms with Crippen LogP contribution in [0.1, 0.15) is 53.9 Å². The third kappa shape index (κ3) is 6.68. The maximum absolute atomic E-state index is 11.8. The molecule has 0 aromatic carbocycles. The van der Waals surface area contributed by atoms with Crippen molar-refractivity contribution in [1.82, 2.24) is 25.1 Å². The summed E-state index contributed by atoms with van der Waals surface area (Å²) in [6.07, 6.45) is 4.33. The Balaban J connectivity index is 2.16. The quantitative estimate of drug-likeness (QED) is 0.448. The number of nitrogens with one attached hydrogen (secondary N) is 2. The Hall–Kier alpha value is -1.83. The molecule has 2 rings (SSSR count). The van der Waals surface area contributed by atoms with E-state index in [1.54, 1.807) is 18.0 Å². The summed E-state index contributed by atoms with van der Waals surface area (Å²) in [4.78, 5) is 21.2. The number of nitrogens with zero attached hydrogens (tertiary/aromatic N) is 4. The van der Waals surface area contributed by atoms with E-state index in [0.717, 1.165) is 41.4 Å². The molecule has 8 heteroatoms. The first-order valence-electron chi connectivity index (χ1n) is 9.81. The van der Waals surface area contributed by atoms with Gasteiger partial charge in [-0.3, -0.25) is 4.79 Å². The Morgan fingerprint density at radius 3 is 2.70 bits per heavy atom. The molecule has 2 heterocycles. The molecule has 7 nitrogen and oxygen atoms in total. The van der Waals surface area contributed by atoms with Crippen LogP contribution in [-0.4, -0.2) is 44.0 Å². The van der Waals surface area contributed by atoms with Crippen LogP contribution >= 0.6 is 11.8 Å². The van der Waals surface area contributed by atoms with Crippen LogP contribution in [-0.2, 0) is 11.3 Å². The summed E-state index contributed by atoms with van der Waals surface area (Å²) in [5.74, 6) is 1.44. The molecular weight excluding hydrogens is 360 g/mol. The molecule has 0 bridgehead atoms. The largest absolute Gasteiger partial charge is 0.369 e. The monoisotopic (exact) mass is 392 g/mol. The fourth-order valence-corrected chi connectivity index (χ4v) is 3.23. The second kappa shape index (κ2) is 10.5. The number of hydrogen-bond donors (Lipinski definition) is 2. The lowest BCUT2D eigenvalue weighted by molar-refractivity contribution is -0.121. The van der Waals surface area contributed by atoms with E-state index in [4.69, 9.17) is 4.98 Å². The highest BCUT2D eigenvalue weighted by Gasteiger charge is 2.14. The predicted molar refractivity (Wildman–Crippen MR) is 112 cm³/mol. The summed E-state index contributed by atoms with van der Waals surface area (Å²) in [5.41, 5.74) is 0.808. The van der Waals surface area contributed by atoms with Crippen LogP contribution in [0.2, 0.25) is 0 Å². The number of rotatable bonds is 11. The van der Waals surface area contributed by atoms with E-state index < -0.39 is 0 Å². The van der Waals surface area contributed by atoms with E-state index >= 15 is 0 Å². The smallest absolute Gasteiger partial charge is 0.220 e. The van der Waals surface area contributed by atoms with Gasteiger partial charge in [-0.05, 0) is 12.3 Å². The van der Waals surface area contributed by atoms with Crippen LogP contribution in [0.4, 0.5) is 5.82 Å². The van der Waals surface area contributed by atoms with Crippen molar-refractivity contribution in [3.63, 3.8) is 0 Å². The topological polar surface area (TPSA) is 84.7 Å². The number of amides is 1. The van der Waals surface area contributed by atoms with Gasteiger partial charge in [0.05, 0.1) is 18.1 Å². The Labute approximate surface area is 166 Å². The van der Waals surface area contributed by atoms with Gasteiger partial charge in [-0.15, -0.1) is 0 Å². The first-order chi connectivity index (χ1) is 12.9. The maximum Gasteiger partial charge on any atom is 0.220 e. The summed E-state index contributed by atoms with van der Waals surface area (Å²) in [5, 5.41) is 12.9. The highest BCUT2D eigenvalue weighted by molar-refractivity contribution is 7.99. The molecule has 27 heavy (non-hydrogen) atoms. The van der Waals surface area contributed by atoms with Crippen molar-refractivity contribution in [1.29, 1.82) is 0 Å². The van der Waals surface area contributed by atoms with Crippen LogP contribution in [0.3, 0.4) is 0 Å². The summed E-state index contributed by atoms with van der Waals surface area (Å²) < 4.78 is 1.85. The first kappa shape index (κ1) is 21.5. The van der Waals surface area contributed by atoms with Gasteiger partial charge in [-0.2, -0.15) is 5.10 Å². The van der Waals surface area contributed by atoms with E-state index in [-0.39, 0.29) is 5.91 Å². The normalized spacial score (nSPS) is 11.5. The van der Waals surface area contributed by atoms with Crippen molar-refractivity contribution < 1.29 is 4.79 Å². The Bertz CT molecular complexity index is 743. The van der Waals surface area contributed by atoms with Gasteiger partial charge >= 0.3 is 0 Å². The fraction of sp³-hybridized carbons (Fsp3) is 0.684. The molecule has 2 aromatic heterocycles. The van der Waals surface area contributed by atoms with Gasteiger partial charge in [-0.25, -0.2) is 14.6 Å². The van der Waals surface area contributed by atoms with Gasteiger partial charge in [-0.1, -0.05) is 52.8 Å². The lowest BCUT2D eigenvalue weighted by Crippen LogP contribution is -2.27. The van der Waals surface area contributed by atoms with Gasteiger partial charge in [0.25, 0.3) is 0 Å². The van der Waals surface area contributed by atoms with Crippen molar-refractivity contribution in [3.05, 3.63) is 6.20 Å². The van der Waals surface area contributed by atoms with E-state index in [9.17, 15) is 4.79 Å². The lowest BCUT2D eigenvalue weighted by Gasteiger charge is -2.12. The summed E-state index contributed by atoms with van der Waals surface area (Å²) in [6, 6.07) is 0. The van der Waals surface area contributed by atoms with Crippen molar-refractivity contribution in [2.24, 2.45) is 5.92 Å². The molecule has 0 saturated carbocycles. The molecule has 0 spiro atoms. The fourth-order valence-electron chi connectivity index (χ4n) is 2.52. The van der Waals surface area contributed by atoms with E-state index in [2.05, 4.69) is 55.3 Å². The number of anilines is 1. The van der Waals surface area contributed by atoms with Gasteiger partial charge in [0.15, 0.2) is 10.8 Å². The number of unbranched alkanes of at least 4 members (excludes halogenated alkanes) is 1. The lowest BCUT2D eigenvalue weighted by atomic mass is 10.2. The number of thioether (sulfide) groups is 1. The number of hydrogen-bond acceptors (Lipinski definition) is 6. The summed E-state index contributed by atoms with van der Waals surface area (Å²) in [7, 11) is 0. The summed E-state index contributed by atoms with van der Waals surface area (Å²) >= 11 is 1.64. The van der Waals surface area contributed by atoms with E-state index in [1.165, 1.54) is 0 Å². The number of carbonyl (C=O) groups is 1. The molecule has 2 N–H and O–H groups in total. The second-order valence-corrected chi connectivity index (χ2v) is 8.90. The molecule has 0 saturated heterocycles. The predicted octanol–water partition coefficient (Wildman–Crippen LogP) is 3.70. The zero-order valence-corrected chi connectivity index (χ0v) is 17.9. The first-order valence-corrected chi connectivity index (χ1v) is 10.7. The second-order valence-electron chi connectivity index (χ2n) is 7.35. The van der Waals surface area contributed by atoms with E-state index in [0.29, 0.717) is 30.7 Å². The van der Waals surface area contributed by atoms with Crippen LogP contribution in [0.25, 0.3) is 11.0 Å². The number of carbonyl (C=O) groups excluding carboxylic acids is 1. The molecule has 2 aromatic rings. The average Bonchev–Trinajstić information content (AvgIpc) is 3.00. The van der Waals surface area contributed by atoms with Crippen molar-refractivity contribution in [3.8, 4) is 0 Å². The number of fused-ring (bicyclic) bond motifs is 1. The highest BCUT2D eigenvalue weighted by atomic mass is 32.2. The average molecular weight is 393 g/mol. The van der Waals surface area contributed by atoms with Crippen LogP contribution in [0.15, 0.2) is 11.4 Å². The Kier molecular flexibility index (Phi) is 8.34. The van der Waals surface area contributed by atoms with Crippen LogP contribution < -0.4 is 10.6 Å². The van der Waals surface area contributed by atoms with Crippen molar-refractivity contribution >= 4 is 34.5 Å². The Morgan fingerprint density at radius 2 is 2.04 bits per heavy atom. The van der Waals surface area contributed by atoms with Gasteiger partial charge in [0.2, 0.25) is 5.91 Å². The molecule has 0 aliphatic rings. The third-order valence-corrected chi connectivity index (χ3v) is 4.76. The molecule has 150 valence electrons. The van der Waals surface area contributed by atoms with E-state index in [1.807, 2.05) is 4.68 Å². The van der Waals surface area contributed by atoms with Crippen molar-refractivity contribution in [2.75, 3.05) is 18.4 Å². The molecule has 0 aliphatic heterocycles. The third-order valence-electron chi connectivity index (χ3n) is 3.90. The molecule has 0 radical (unpaired) electrons. The molecular formula is C19H32N6OS. The molecule has 0 unspecified atom stereocenters. The summed E-state index contributed by atoms with van der Waals surface area (Å²) in [6.45, 7) is 12.7. The maximum atomic E-state index is 11.8. The minimum atomic E-state index is 0.0956. The zero-order chi connectivity index (χ0) is 19.8. The minimum absolute atomic E-state index is 0.0956. The molecule has 1 amide bonds. The zero-order valence-electron chi connectivity index (χ0n) is 17.1. The SMILES string of the molecule is CCCCC(=O)NCCn1ncc2c(NCC(C)C)nc(SC(C)C)nc21. The molecule has 0 fully saturated rings.